The second-order valence-electron chi connectivity index (χ2n) is 7.68. The highest BCUT2D eigenvalue weighted by Gasteiger charge is 2.27. The summed E-state index contributed by atoms with van der Waals surface area (Å²) in [5.41, 5.74) is 3.49. The van der Waals surface area contributed by atoms with Crippen LogP contribution in [0.25, 0.3) is 11.0 Å². The van der Waals surface area contributed by atoms with Gasteiger partial charge < -0.3 is 10.1 Å². The van der Waals surface area contributed by atoms with Crippen LogP contribution in [0.5, 0.6) is 5.88 Å². The molecule has 0 spiro atoms. The standard InChI is InChI=1S/C19H24FN7O/c1-11-15-10-21-19-22-16-12(2)27(14-6-4-13(20)5-7-14)25-18(16)28-9-3-8-26(24-11)17(15)23-19/h10,13-14H,3-9H2,1-2H3,(H,21,22,23)/t13-,14-. The average molecular weight is 385 g/mol. The SMILES string of the molecule is Cc1nn2c3nc(ncc13)Nc1c(nn([C@H]3CC[C@H](F)CC3)c1C)OCCC2. The van der Waals surface area contributed by atoms with Crippen molar-refractivity contribution >= 4 is 22.7 Å². The van der Waals surface area contributed by atoms with Crippen LogP contribution in [0.4, 0.5) is 16.0 Å². The first-order valence-corrected chi connectivity index (χ1v) is 9.93. The molecule has 1 N–H and O–H groups in total. The van der Waals surface area contributed by atoms with Gasteiger partial charge in [0.05, 0.1) is 29.4 Å². The van der Waals surface area contributed by atoms with Crippen molar-refractivity contribution in [3.8, 4) is 5.88 Å². The maximum Gasteiger partial charge on any atom is 0.257 e. The lowest BCUT2D eigenvalue weighted by molar-refractivity contribution is 0.197. The first-order valence-electron chi connectivity index (χ1n) is 9.93. The third-order valence-electron chi connectivity index (χ3n) is 5.75. The fraction of sp³-hybridized carbons (Fsp3) is 0.579. The molecule has 1 aliphatic heterocycles. The molecule has 1 aliphatic carbocycles. The van der Waals surface area contributed by atoms with E-state index in [1.165, 1.54) is 0 Å². The number of nitrogens with one attached hydrogen (secondary N) is 1. The molecule has 2 bridgehead atoms. The molecule has 4 heterocycles. The summed E-state index contributed by atoms with van der Waals surface area (Å²) in [7, 11) is 0. The Bertz CT molecular complexity index is 1020. The van der Waals surface area contributed by atoms with Crippen molar-refractivity contribution in [3.05, 3.63) is 17.6 Å². The molecule has 8 nitrogen and oxygen atoms in total. The van der Waals surface area contributed by atoms with E-state index in [2.05, 4.69) is 20.4 Å². The largest absolute Gasteiger partial charge is 0.475 e. The van der Waals surface area contributed by atoms with Crippen molar-refractivity contribution in [1.82, 2.24) is 29.5 Å². The Labute approximate surface area is 162 Å². The summed E-state index contributed by atoms with van der Waals surface area (Å²) >= 11 is 0. The molecule has 0 aromatic carbocycles. The average Bonchev–Trinajstić information content (AvgIpc) is 3.16. The first-order chi connectivity index (χ1) is 13.6. The van der Waals surface area contributed by atoms with Gasteiger partial charge in [0.1, 0.15) is 11.9 Å². The van der Waals surface area contributed by atoms with Crippen molar-refractivity contribution in [2.75, 3.05) is 11.9 Å². The van der Waals surface area contributed by atoms with E-state index in [-0.39, 0.29) is 6.04 Å². The lowest BCUT2D eigenvalue weighted by atomic mass is 9.94. The highest BCUT2D eigenvalue weighted by Crippen LogP contribution is 2.37. The van der Waals surface area contributed by atoms with E-state index < -0.39 is 6.17 Å². The normalized spacial score (nSPS) is 22.4. The number of aryl methyl sites for hydroxylation is 2. The van der Waals surface area contributed by atoms with Crippen molar-refractivity contribution in [2.45, 2.75) is 64.7 Å². The van der Waals surface area contributed by atoms with Gasteiger partial charge in [0.25, 0.3) is 5.88 Å². The number of nitrogens with zero attached hydrogens (tertiary/aromatic N) is 6. The van der Waals surface area contributed by atoms with Gasteiger partial charge in [0.15, 0.2) is 5.65 Å². The van der Waals surface area contributed by atoms with E-state index in [0.29, 0.717) is 31.3 Å². The molecule has 148 valence electrons. The van der Waals surface area contributed by atoms with Gasteiger partial charge in [-0.2, -0.15) is 10.1 Å². The predicted octanol–water partition coefficient (Wildman–Crippen LogP) is 3.62. The lowest BCUT2D eigenvalue weighted by Gasteiger charge is -2.25. The molecule has 0 atom stereocenters. The van der Waals surface area contributed by atoms with Gasteiger partial charge >= 0.3 is 0 Å². The Balaban J connectivity index is 1.54. The minimum absolute atomic E-state index is 0.199. The molecule has 0 amide bonds. The molecule has 9 heteroatoms. The van der Waals surface area contributed by atoms with Crippen LogP contribution in [0.15, 0.2) is 6.20 Å². The highest BCUT2D eigenvalue weighted by molar-refractivity contribution is 5.79. The topological polar surface area (TPSA) is 82.7 Å². The highest BCUT2D eigenvalue weighted by atomic mass is 19.1. The van der Waals surface area contributed by atoms with E-state index in [0.717, 1.165) is 53.9 Å². The van der Waals surface area contributed by atoms with Gasteiger partial charge in [-0.3, -0.25) is 4.68 Å². The number of fused-ring (bicyclic) bond motifs is 2. The molecule has 0 radical (unpaired) electrons. The van der Waals surface area contributed by atoms with E-state index in [1.807, 2.05) is 29.4 Å². The van der Waals surface area contributed by atoms with Crippen LogP contribution < -0.4 is 10.1 Å². The Hall–Kier alpha value is -2.71. The number of anilines is 2. The van der Waals surface area contributed by atoms with Gasteiger partial charge in [-0.15, -0.1) is 5.10 Å². The van der Waals surface area contributed by atoms with Gasteiger partial charge in [-0.1, -0.05) is 0 Å². The maximum absolute atomic E-state index is 13.6. The molecule has 2 aliphatic rings. The third-order valence-corrected chi connectivity index (χ3v) is 5.75. The molecule has 1 fully saturated rings. The first kappa shape index (κ1) is 17.4. The van der Waals surface area contributed by atoms with Crippen LogP contribution in [-0.2, 0) is 6.54 Å². The van der Waals surface area contributed by atoms with Crippen LogP contribution in [0.2, 0.25) is 0 Å². The minimum atomic E-state index is -0.688. The van der Waals surface area contributed by atoms with E-state index in [4.69, 9.17) is 9.84 Å². The molecular weight excluding hydrogens is 361 g/mol. The molecule has 3 aromatic heterocycles. The fourth-order valence-electron chi connectivity index (χ4n) is 4.19. The monoisotopic (exact) mass is 385 g/mol. The van der Waals surface area contributed by atoms with Gasteiger partial charge in [0.2, 0.25) is 5.95 Å². The van der Waals surface area contributed by atoms with Crippen molar-refractivity contribution in [1.29, 1.82) is 0 Å². The lowest BCUT2D eigenvalue weighted by Crippen LogP contribution is -2.20. The molecular formula is C19H24FN7O. The Morgan fingerprint density at radius 2 is 2.00 bits per heavy atom. The number of rotatable bonds is 1. The van der Waals surface area contributed by atoms with Crippen molar-refractivity contribution in [2.24, 2.45) is 0 Å². The number of hydrogen-bond donors (Lipinski definition) is 1. The zero-order valence-electron chi connectivity index (χ0n) is 16.2. The van der Waals surface area contributed by atoms with Gasteiger partial charge in [-0.25, -0.2) is 14.1 Å². The molecule has 5 rings (SSSR count). The summed E-state index contributed by atoms with van der Waals surface area (Å²) in [6, 6.07) is 0.199. The summed E-state index contributed by atoms with van der Waals surface area (Å²) in [4.78, 5) is 9.15. The molecule has 0 unspecified atom stereocenters. The smallest absolute Gasteiger partial charge is 0.257 e. The zero-order chi connectivity index (χ0) is 19.3. The van der Waals surface area contributed by atoms with Gasteiger partial charge in [0, 0.05) is 19.2 Å². The minimum Gasteiger partial charge on any atom is -0.475 e. The predicted molar refractivity (Wildman–Crippen MR) is 103 cm³/mol. The van der Waals surface area contributed by atoms with Gasteiger partial charge in [-0.05, 0) is 39.5 Å². The van der Waals surface area contributed by atoms with E-state index in [9.17, 15) is 4.39 Å². The Morgan fingerprint density at radius 3 is 2.82 bits per heavy atom. The molecule has 28 heavy (non-hydrogen) atoms. The quantitative estimate of drug-likeness (QED) is 0.689. The van der Waals surface area contributed by atoms with Crippen LogP contribution in [0.1, 0.15) is 49.5 Å². The summed E-state index contributed by atoms with van der Waals surface area (Å²) in [6.07, 6.45) is 4.69. The van der Waals surface area contributed by atoms with Crippen LogP contribution in [-0.4, -0.2) is 42.3 Å². The number of aromatic nitrogens is 6. The molecule has 3 aromatic rings. The van der Waals surface area contributed by atoms with E-state index >= 15 is 0 Å². The van der Waals surface area contributed by atoms with Crippen LogP contribution in [0, 0.1) is 13.8 Å². The van der Waals surface area contributed by atoms with Crippen molar-refractivity contribution in [3.63, 3.8) is 0 Å². The van der Waals surface area contributed by atoms with Crippen molar-refractivity contribution < 1.29 is 9.13 Å². The van der Waals surface area contributed by atoms with Crippen LogP contribution >= 0.6 is 0 Å². The second-order valence-corrected chi connectivity index (χ2v) is 7.68. The second kappa shape index (κ2) is 6.72. The Morgan fingerprint density at radius 1 is 1.18 bits per heavy atom. The van der Waals surface area contributed by atoms with E-state index in [1.54, 1.807) is 0 Å². The number of ether oxygens (including phenoxy) is 1. The summed E-state index contributed by atoms with van der Waals surface area (Å²) < 4.78 is 23.5. The summed E-state index contributed by atoms with van der Waals surface area (Å²) in [5, 5.41) is 13.6. The summed E-state index contributed by atoms with van der Waals surface area (Å²) in [5.74, 6) is 1.05. The maximum atomic E-state index is 13.6. The third kappa shape index (κ3) is 2.89. The number of hydrogen-bond acceptors (Lipinski definition) is 6. The Kier molecular flexibility index (Phi) is 4.17. The summed E-state index contributed by atoms with van der Waals surface area (Å²) in [6.45, 7) is 5.23. The zero-order valence-corrected chi connectivity index (χ0v) is 16.2. The molecule has 1 saturated carbocycles. The number of halogens is 1. The molecule has 0 saturated heterocycles. The van der Waals surface area contributed by atoms with Crippen LogP contribution in [0.3, 0.4) is 0 Å². The number of alkyl halides is 1. The fourth-order valence-corrected chi connectivity index (χ4v) is 4.19.